The van der Waals surface area contributed by atoms with Gasteiger partial charge in [0, 0.05) is 37.8 Å². The average molecular weight is 326 g/mol. The molecule has 1 aromatic carbocycles. The molecule has 1 fully saturated rings. The van der Waals surface area contributed by atoms with Crippen LogP contribution in [0.2, 0.25) is 0 Å². The Morgan fingerprint density at radius 3 is 2.46 bits per heavy atom. The molecule has 24 heavy (non-hydrogen) atoms. The monoisotopic (exact) mass is 326 g/mol. The number of hydrogen-bond acceptors (Lipinski definition) is 5. The SMILES string of the molecule is N#CCCN(C#N)C1CCN(c2ccc(CCC(=O)O)cc2)CC1. The molecule has 0 aliphatic carbocycles. The number of piperidine rings is 1. The van der Waals surface area contributed by atoms with Crippen LogP contribution >= 0.6 is 0 Å². The summed E-state index contributed by atoms with van der Waals surface area (Å²) in [5.41, 5.74) is 2.16. The molecule has 1 saturated heterocycles. The largest absolute Gasteiger partial charge is 0.481 e. The van der Waals surface area contributed by atoms with E-state index in [2.05, 4.69) is 17.2 Å². The second kappa shape index (κ2) is 8.79. The van der Waals surface area contributed by atoms with Crippen LogP contribution in [0.25, 0.3) is 0 Å². The molecule has 6 heteroatoms. The van der Waals surface area contributed by atoms with Crippen LogP contribution in [0.1, 0.15) is 31.2 Å². The molecule has 0 amide bonds. The number of carbonyl (C=O) groups is 1. The van der Waals surface area contributed by atoms with Crippen molar-refractivity contribution >= 4 is 11.7 Å². The van der Waals surface area contributed by atoms with Gasteiger partial charge in [-0.25, -0.2) is 0 Å². The van der Waals surface area contributed by atoms with E-state index in [-0.39, 0.29) is 12.5 Å². The minimum atomic E-state index is -0.778. The average Bonchev–Trinajstić information content (AvgIpc) is 2.61. The lowest BCUT2D eigenvalue weighted by Gasteiger charge is -2.37. The number of aryl methyl sites for hydroxylation is 1. The summed E-state index contributed by atoms with van der Waals surface area (Å²) in [7, 11) is 0. The lowest BCUT2D eigenvalue weighted by molar-refractivity contribution is -0.136. The number of aliphatic carboxylic acids is 1. The third kappa shape index (κ3) is 4.89. The molecule has 1 aliphatic heterocycles. The summed E-state index contributed by atoms with van der Waals surface area (Å²) in [4.78, 5) is 14.6. The zero-order chi connectivity index (χ0) is 17.4. The third-order valence-electron chi connectivity index (χ3n) is 4.43. The summed E-state index contributed by atoms with van der Waals surface area (Å²) in [6.45, 7) is 2.27. The van der Waals surface area contributed by atoms with E-state index in [0.717, 1.165) is 37.2 Å². The van der Waals surface area contributed by atoms with Crippen molar-refractivity contribution in [3.8, 4) is 12.3 Å². The van der Waals surface area contributed by atoms with Crippen molar-refractivity contribution in [3.05, 3.63) is 29.8 Å². The fourth-order valence-corrected chi connectivity index (χ4v) is 3.05. The Morgan fingerprint density at radius 1 is 1.25 bits per heavy atom. The first-order chi connectivity index (χ1) is 11.6. The fourth-order valence-electron chi connectivity index (χ4n) is 3.05. The van der Waals surface area contributed by atoms with Crippen molar-refractivity contribution < 1.29 is 9.90 Å². The number of rotatable bonds is 7. The molecule has 0 unspecified atom stereocenters. The number of carboxylic acid groups (broad SMARTS) is 1. The molecule has 1 N–H and O–H groups in total. The van der Waals surface area contributed by atoms with Gasteiger partial charge in [-0.1, -0.05) is 12.1 Å². The molecule has 1 heterocycles. The predicted octanol–water partition coefficient (Wildman–Crippen LogP) is 2.37. The maximum atomic E-state index is 10.6. The van der Waals surface area contributed by atoms with Gasteiger partial charge in [0.15, 0.2) is 6.19 Å². The van der Waals surface area contributed by atoms with Gasteiger partial charge in [-0.15, -0.1) is 0 Å². The number of hydrogen-bond donors (Lipinski definition) is 1. The van der Waals surface area contributed by atoms with E-state index >= 15 is 0 Å². The first-order valence-corrected chi connectivity index (χ1v) is 8.23. The maximum Gasteiger partial charge on any atom is 0.303 e. The molecule has 0 radical (unpaired) electrons. The number of nitriles is 2. The van der Waals surface area contributed by atoms with Gasteiger partial charge in [-0.2, -0.15) is 10.5 Å². The second-order valence-electron chi connectivity index (χ2n) is 5.98. The standard InChI is InChI=1S/C18H22N4O2/c19-10-1-11-22(14-20)17-8-12-21(13-9-17)16-5-2-15(3-6-16)4-7-18(23)24/h2-3,5-6,17H,1,4,7-9,11-13H2,(H,23,24). The lowest BCUT2D eigenvalue weighted by Crippen LogP contribution is -2.43. The molecule has 0 aromatic heterocycles. The number of benzene rings is 1. The second-order valence-corrected chi connectivity index (χ2v) is 5.98. The molecule has 1 aliphatic rings. The van der Waals surface area contributed by atoms with Crippen molar-refractivity contribution in [2.45, 2.75) is 38.1 Å². The molecule has 6 nitrogen and oxygen atoms in total. The Hall–Kier alpha value is -2.73. The van der Waals surface area contributed by atoms with Crippen LogP contribution in [0.5, 0.6) is 0 Å². The van der Waals surface area contributed by atoms with Gasteiger partial charge >= 0.3 is 5.97 Å². The van der Waals surface area contributed by atoms with Crippen molar-refractivity contribution in [3.63, 3.8) is 0 Å². The maximum absolute atomic E-state index is 10.6. The molecule has 2 rings (SSSR count). The first kappa shape index (κ1) is 17.6. The summed E-state index contributed by atoms with van der Waals surface area (Å²) in [5, 5.41) is 26.6. The van der Waals surface area contributed by atoms with Gasteiger partial charge in [0.25, 0.3) is 0 Å². The van der Waals surface area contributed by atoms with E-state index in [1.807, 2.05) is 24.3 Å². The van der Waals surface area contributed by atoms with Crippen LogP contribution < -0.4 is 4.90 Å². The highest BCUT2D eigenvalue weighted by Gasteiger charge is 2.24. The van der Waals surface area contributed by atoms with E-state index in [1.54, 1.807) is 4.90 Å². The molecule has 126 valence electrons. The summed E-state index contributed by atoms with van der Waals surface area (Å²) in [6.07, 6.45) is 5.09. The van der Waals surface area contributed by atoms with Crippen LogP contribution in [-0.4, -0.2) is 41.7 Å². The molecular formula is C18H22N4O2. The summed E-state index contributed by atoms with van der Waals surface area (Å²) in [6, 6.07) is 10.3. The van der Waals surface area contributed by atoms with Crippen LogP contribution in [0.4, 0.5) is 5.69 Å². The van der Waals surface area contributed by atoms with E-state index in [9.17, 15) is 10.1 Å². The topological polar surface area (TPSA) is 91.4 Å². The Labute approximate surface area is 142 Å². The number of anilines is 1. The summed E-state index contributed by atoms with van der Waals surface area (Å²) in [5.74, 6) is -0.778. The fraction of sp³-hybridized carbons (Fsp3) is 0.500. The van der Waals surface area contributed by atoms with E-state index < -0.39 is 5.97 Å². The molecule has 0 bridgehead atoms. The zero-order valence-electron chi connectivity index (χ0n) is 13.7. The van der Waals surface area contributed by atoms with Gasteiger partial charge in [-0.05, 0) is 37.0 Å². The van der Waals surface area contributed by atoms with Crippen LogP contribution in [0.3, 0.4) is 0 Å². The predicted molar refractivity (Wildman–Crippen MR) is 90.2 cm³/mol. The van der Waals surface area contributed by atoms with Crippen LogP contribution in [0.15, 0.2) is 24.3 Å². The smallest absolute Gasteiger partial charge is 0.303 e. The minimum absolute atomic E-state index is 0.150. The van der Waals surface area contributed by atoms with Crippen LogP contribution in [-0.2, 0) is 11.2 Å². The zero-order valence-corrected chi connectivity index (χ0v) is 13.7. The van der Waals surface area contributed by atoms with Crippen molar-refractivity contribution in [1.82, 2.24) is 4.90 Å². The van der Waals surface area contributed by atoms with E-state index in [4.69, 9.17) is 10.4 Å². The first-order valence-electron chi connectivity index (χ1n) is 8.23. The minimum Gasteiger partial charge on any atom is -0.481 e. The van der Waals surface area contributed by atoms with Gasteiger partial charge in [0.2, 0.25) is 0 Å². The third-order valence-corrected chi connectivity index (χ3v) is 4.43. The van der Waals surface area contributed by atoms with Gasteiger partial charge in [0.05, 0.1) is 12.5 Å². The van der Waals surface area contributed by atoms with Crippen LogP contribution in [0, 0.1) is 22.8 Å². The van der Waals surface area contributed by atoms with Crippen molar-refractivity contribution in [2.24, 2.45) is 0 Å². The molecule has 0 saturated carbocycles. The highest BCUT2D eigenvalue weighted by atomic mass is 16.4. The normalized spacial score (nSPS) is 14.7. The number of carboxylic acids is 1. The highest BCUT2D eigenvalue weighted by Crippen LogP contribution is 2.23. The van der Waals surface area contributed by atoms with Crippen molar-refractivity contribution in [1.29, 1.82) is 10.5 Å². The molecule has 1 aromatic rings. The Morgan fingerprint density at radius 2 is 1.92 bits per heavy atom. The summed E-state index contributed by atoms with van der Waals surface area (Å²) >= 11 is 0. The van der Waals surface area contributed by atoms with Gasteiger partial charge < -0.3 is 14.9 Å². The van der Waals surface area contributed by atoms with E-state index in [0.29, 0.717) is 19.4 Å². The van der Waals surface area contributed by atoms with Gasteiger partial charge in [-0.3, -0.25) is 4.79 Å². The van der Waals surface area contributed by atoms with E-state index in [1.165, 1.54) is 0 Å². The molecular weight excluding hydrogens is 304 g/mol. The molecule has 0 atom stereocenters. The quantitative estimate of drug-likeness (QED) is 0.611. The molecule has 0 spiro atoms. The highest BCUT2D eigenvalue weighted by molar-refractivity contribution is 5.67. The number of nitrogens with zero attached hydrogens (tertiary/aromatic N) is 4. The Balaban J connectivity index is 1.86. The Bertz CT molecular complexity index is 622. The lowest BCUT2D eigenvalue weighted by atomic mass is 10.0. The van der Waals surface area contributed by atoms with Crippen molar-refractivity contribution in [2.75, 3.05) is 24.5 Å². The van der Waals surface area contributed by atoms with Gasteiger partial charge in [0.1, 0.15) is 0 Å². The Kier molecular flexibility index (Phi) is 6.45. The summed E-state index contributed by atoms with van der Waals surface area (Å²) < 4.78 is 0.